The highest BCUT2D eigenvalue weighted by Crippen LogP contribution is 2.39. The summed E-state index contributed by atoms with van der Waals surface area (Å²) >= 11 is 0. The zero-order valence-corrected chi connectivity index (χ0v) is 12.0. The number of hydrogen-bond acceptors (Lipinski definition) is 4. The Kier molecular flexibility index (Phi) is 3.18. The van der Waals surface area contributed by atoms with Gasteiger partial charge in [0.2, 0.25) is 0 Å². The first-order valence-electron chi connectivity index (χ1n) is 7.01. The Labute approximate surface area is 118 Å². The lowest BCUT2D eigenvalue weighted by Gasteiger charge is -2.21. The molecule has 3 N–H and O–H groups in total. The Hall–Kier alpha value is -1.59. The lowest BCUT2D eigenvalue weighted by molar-refractivity contribution is 0.0667. The minimum Gasteiger partial charge on any atom is -0.497 e. The summed E-state index contributed by atoms with van der Waals surface area (Å²) in [6.45, 7) is 1.98. The second-order valence-corrected chi connectivity index (χ2v) is 5.86. The Morgan fingerprint density at radius 3 is 2.85 bits per heavy atom. The minimum atomic E-state index is -0.919. The summed E-state index contributed by atoms with van der Waals surface area (Å²) in [6.07, 6.45) is 2.82. The SMILES string of the molecule is COc1ccc2c(c1)nc(CC(C)(O)CN)n2C1CC1. The Morgan fingerprint density at radius 2 is 2.25 bits per heavy atom. The van der Waals surface area contributed by atoms with E-state index in [0.29, 0.717) is 12.5 Å². The number of nitrogens with two attached hydrogens (primary N) is 1. The van der Waals surface area contributed by atoms with Crippen LogP contribution in [0.15, 0.2) is 18.2 Å². The van der Waals surface area contributed by atoms with Crippen molar-refractivity contribution in [1.29, 1.82) is 0 Å². The molecule has 1 unspecified atom stereocenters. The number of nitrogens with zero attached hydrogens (tertiary/aromatic N) is 2. The molecule has 1 aliphatic carbocycles. The quantitative estimate of drug-likeness (QED) is 0.870. The first-order valence-corrected chi connectivity index (χ1v) is 7.01. The van der Waals surface area contributed by atoms with Gasteiger partial charge in [0.05, 0.1) is 23.7 Å². The molecule has 1 heterocycles. The van der Waals surface area contributed by atoms with Crippen LogP contribution in [0.4, 0.5) is 0 Å². The van der Waals surface area contributed by atoms with Crippen molar-refractivity contribution in [3.8, 4) is 5.75 Å². The minimum absolute atomic E-state index is 0.226. The maximum atomic E-state index is 10.2. The summed E-state index contributed by atoms with van der Waals surface area (Å²) in [4.78, 5) is 4.68. The van der Waals surface area contributed by atoms with Gasteiger partial charge in [-0.25, -0.2) is 4.98 Å². The maximum Gasteiger partial charge on any atom is 0.121 e. The number of benzene rings is 1. The zero-order chi connectivity index (χ0) is 14.3. The molecule has 0 amide bonds. The normalized spacial score (nSPS) is 18.2. The molecule has 1 atom stereocenters. The fourth-order valence-corrected chi connectivity index (χ4v) is 2.53. The Morgan fingerprint density at radius 1 is 1.50 bits per heavy atom. The van der Waals surface area contributed by atoms with E-state index < -0.39 is 5.60 Å². The fraction of sp³-hybridized carbons (Fsp3) is 0.533. The van der Waals surface area contributed by atoms with Crippen LogP contribution in [-0.4, -0.2) is 33.9 Å². The molecule has 1 fully saturated rings. The van der Waals surface area contributed by atoms with E-state index >= 15 is 0 Å². The number of imidazole rings is 1. The van der Waals surface area contributed by atoms with E-state index in [4.69, 9.17) is 10.5 Å². The van der Waals surface area contributed by atoms with Gasteiger partial charge in [-0.2, -0.15) is 0 Å². The van der Waals surface area contributed by atoms with Gasteiger partial charge in [-0.3, -0.25) is 0 Å². The summed E-state index contributed by atoms with van der Waals surface area (Å²) in [5.74, 6) is 1.71. The summed E-state index contributed by atoms with van der Waals surface area (Å²) in [6, 6.07) is 6.44. The molecule has 0 saturated heterocycles. The van der Waals surface area contributed by atoms with Crippen LogP contribution >= 0.6 is 0 Å². The second kappa shape index (κ2) is 4.75. The molecule has 1 saturated carbocycles. The molecule has 1 aliphatic rings. The number of hydrogen-bond donors (Lipinski definition) is 2. The van der Waals surface area contributed by atoms with Gasteiger partial charge in [-0.1, -0.05) is 0 Å². The topological polar surface area (TPSA) is 73.3 Å². The van der Waals surface area contributed by atoms with Crippen molar-refractivity contribution >= 4 is 11.0 Å². The molecule has 0 aliphatic heterocycles. The van der Waals surface area contributed by atoms with Gasteiger partial charge in [-0.05, 0) is 31.9 Å². The van der Waals surface area contributed by atoms with Gasteiger partial charge in [0, 0.05) is 25.1 Å². The molecule has 1 aromatic heterocycles. The van der Waals surface area contributed by atoms with E-state index in [1.54, 1.807) is 14.0 Å². The summed E-state index contributed by atoms with van der Waals surface area (Å²) in [5.41, 5.74) is 6.73. The Balaban J connectivity index is 2.08. The standard InChI is InChI=1S/C15H21N3O2/c1-15(19,9-16)8-14-17-12-7-11(20-2)5-6-13(12)18(14)10-3-4-10/h5-7,10,19H,3-4,8-9,16H2,1-2H3. The summed E-state index contributed by atoms with van der Waals surface area (Å²) in [7, 11) is 1.65. The van der Waals surface area contributed by atoms with Gasteiger partial charge in [0.15, 0.2) is 0 Å². The van der Waals surface area contributed by atoms with Gasteiger partial charge in [0.25, 0.3) is 0 Å². The monoisotopic (exact) mass is 275 g/mol. The molecule has 1 aromatic carbocycles. The van der Waals surface area contributed by atoms with Crippen LogP contribution in [0, 0.1) is 0 Å². The van der Waals surface area contributed by atoms with E-state index in [9.17, 15) is 5.11 Å². The van der Waals surface area contributed by atoms with Crippen molar-refractivity contribution in [3.05, 3.63) is 24.0 Å². The number of aliphatic hydroxyl groups is 1. The average Bonchev–Trinajstić information content (AvgIpc) is 3.20. The molecule has 108 valence electrons. The molecule has 5 heteroatoms. The molecular weight excluding hydrogens is 254 g/mol. The predicted molar refractivity (Wildman–Crippen MR) is 77.9 cm³/mol. The molecule has 5 nitrogen and oxygen atoms in total. The number of ether oxygens (including phenoxy) is 1. The third-order valence-electron chi connectivity index (χ3n) is 3.86. The average molecular weight is 275 g/mol. The lowest BCUT2D eigenvalue weighted by Crippen LogP contribution is -2.37. The maximum absolute atomic E-state index is 10.2. The number of aromatic nitrogens is 2. The molecule has 2 aromatic rings. The van der Waals surface area contributed by atoms with Crippen LogP contribution < -0.4 is 10.5 Å². The van der Waals surface area contributed by atoms with Crippen LogP contribution in [0.5, 0.6) is 5.75 Å². The third-order valence-corrected chi connectivity index (χ3v) is 3.86. The van der Waals surface area contributed by atoms with Crippen LogP contribution in [0.25, 0.3) is 11.0 Å². The zero-order valence-electron chi connectivity index (χ0n) is 12.0. The van der Waals surface area contributed by atoms with Gasteiger partial charge >= 0.3 is 0 Å². The summed E-state index contributed by atoms with van der Waals surface area (Å²) < 4.78 is 7.50. The number of rotatable bonds is 5. The van der Waals surface area contributed by atoms with Crippen molar-refractivity contribution in [2.75, 3.05) is 13.7 Å². The molecular formula is C15H21N3O2. The van der Waals surface area contributed by atoms with Gasteiger partial charge in [-0.15, -0.1) is 0 Å². The number of methoxy groups -OCH3 is 1. The second-order valence-electron chi connectivity index (χ2n) is 5.86. The van der Waals surface area contributed by atoms with Crippen molar-refractivity contribution in [2.45, 2.75) is 37.8 Å². The highest BCUT2D eigenvalue weighted by Gasteiger charge is 2.31. The highest BCUT2D eigenvalue weighted by atomic mass is 16.5. The molecule has 0 radical (unpaired) electrons. The molecule has 0 bridgehead atoms. The van der Waals surface area contributed by atoms with Crippen LogP contribution in [-0.2, 0) is 6.42 Å². The predicted octanol–water partition coefficient (Wildman–Crippen LogP) is 1.63. The van der Waals surface area contributed by atoms with Crippen LogP contribution in [0.3, 0.4) is 0 Å². The smallest absolute Gasteiger partial charge is 0.121 e. The van der Waals surface area contributed by atoms with E-state index in [-0.39, 0.29) is 6.54 Å². The Bertz CT molecular complexity index is 629. The summed E-state index contributed by atoms with van der Waals surface area (Å²) in [5, 5.41) is 10.2. The largest absolute Gasteiger partial charge is 0.497 e. The lowest BCUT2D eigenvalue weighted by atomic mass is 10.0. The van der Waals surface area contributed by atoms with E-state index in [2.05, 4.69) is 9.55 Å². The molecule has 20 heavy (non-hydrogen) atoms. The van der Waals surface area contributed by atoms with E-state index in [1.165, 1.54) is 12.8 Å². The van der Waals surface area contributed by atoms with Gasteiger partial charge < -0.3 is 20.1 Å². The first-order chi connectivity index (χ1) is 9.54. The van der Waals surface area contributed by atoms with Crippen molar-refractivity contribution in [2.24, 2.45) is 5.73 Å². The van der Waals surface area contributed by atoms with E-state index in [0.717, 1.165) is 22.6 Å². The van der Waals surface area contributed by atoms with Gasteiger partial charge in [0.1, 0.15) is 11.6 Å². The van der Waals surface area contributed by atoms with Crippen molar-refractivity contribution in [3.63, 3.8) is 0 Å². The fourth-order valence-electron chi connectivity index (χ4n) is 2.53. The third kappa shape index (κ3) is 2.39. The first kappa shape index (κ1) is 13.4. The van der Waals surface area contributed by atoms with Crippen LogP contribution in [0.2, 0.25) is 0 Å². The van der Waals surface area contributed by atoms with Crippen LogP contribution in [0.1, 0.15) is 31.6 Å². The highest BCUT2D eigenvalue weighted by molar-refractivity contribution is 5.78. The molecule has 3 rings (SSSR count). The van der Waals surface area contributed by atoms with E-state index in [1.807, 2.05) is 18.2 Å². The molecule has 0 spiro atoms. The van der Waals surface area contributed by atoms with Crippen molar-refractivity contribution < 1.29 is 9.84 Å². The van der Waals surface area contributed by atoms with Crippen molar-refractivity contribution in [1.82, 2.24) is 9.55 Å². The number of fused-ring (bicyclic) bond motifs is 1.